The average Bonchev–Trinajstić information content (AvgIpc) is 2.95. The second-order valence-corrected chi connectivity index (χ2v) is 7.15. The zero-order valence-electron chi connectivity index (χ0n) is 13.6. The van der Waals surface area contributed by atoms with E-state index in [9.17, 15) is 4.79 Å². The van der Waals surface area contributed by atoms with Crippen LogP contribution in [0.5, 0.6) is 0 Å². The fourth-order valence-electron chi connectivity index (χ4n) is 3.21. The summed E-state index contributed by atoms with van der Waals surface area (Å²) in [6.45, 7) is 5.24. The highest BCUT2D eigenvalue weighted by Crippen LogP contribution is 2.25. The molecular weight excluding hydrogens is 349 g/mol. The number of ether oxygens (including phenoxy) is 1. The number of nitrogens with one attached hydrogen (secondary N) is 1. The Morgan fingerprint density at radius 1 is 1.17 bits per heavy atom. The Bertz CT molecular complexity index is 579. The molecule has 2 aliphatic heterocycles. The lowest BCUT2D eigenvalue weighted by molar-refractivity contribution is 0.0747. The van der Waals surface area contributed by atoms with Crippen LogP contribution in [-0.4, -0.2) is 61.3 Å². The highest BCUT2D eigenvalue weighted by Gasteiger charge is 2.23. The molecule has 1 unspecified atom stereocenters. The summed E-state index contributed by atoms with van der Waals surface area (Å²) in [7, 11) is 0. The Kier molecular flexibility index (Phi) is 6.22. The number of halogens is 2. The van der Waals surface area contributed by atoms with Crippen molar-refractivity contribution in [2.75, 3.05) is 44.6 Å². The summed E-state index contributed by atoms with van der Waals surface area (Å²) < 4.78 is 5.71. The Morgan fingerprint density at radius 3 is 2.79 bits per heavy atom. The molecule has 2 saturated heterocycles. The van der Waals surface area contributed by atoms with Crippen LogP contribution < -0.4 is 5.32 Å². The minimum atomic E-state index is -0.0904. The summed E-state index contributed by atoms with van der Waals surface area (Å²) in [6, 6.07) is 5.02. The number of urea groups is 1. The summed E-state index contributed by atoms with van der Waals surface area (Å²) in [5.41, 5.74) is 0.662. The van der Waals surface area contributed by atoms with Crippen molar-refractivity contribution in [2.24, 2.45) is 0 Å². The van der Waals surface area contributed by atoms with Gasteiger partial charge in [-0.25, -0.2) is 4.79 Å². The van der Waals surface area contributed by atoms with E-state index in [1.54, 1.807) is 18.2 Å². The summed E-state index contributed by atoms with van der Waals surface area (Å²) in [5.74, 6) is 0. The molecule has 2 amide bonds. The molecule has 1 N–H and O–H groups in total. The fraction of sp³-hybridized carbons (Fsp3) is 0.588. The van der Waals surface area contributed by atoms with Gasteiger partial charge in [-0.15, -0.1) is 0 Å². The van der Waals surface area contributed by atoms with Crippen molar-refractivity contribution in [2.45, 2.75) is 25.4 Å². The van der Waals surface area contributed by atoms with Crippen molar-refractivity contribution in [1.29, 1.82) is 0 Å². The topological polar surface area (TPSA) is 44.8 Å². The highest BCUT2D eigenvalue weighted by molar-refractivity contribution is 6.42. The monoisotopic (exact) mass is 371 g/mol. The van der Waals surface area contributed by atoms with Gasteiger partial charge in [-0.05, 0) is 44.0 Å². The van der Waals surface area contributed by atoms with Crippen LogP contribution in [0.15, 0.2) is 18.2 Å². The largest absolute Gasteiger partial charge is 0.377 e. The first-order chi connectivity index (χ1) is 11.6. The summed E-state index contributed by atoms with van der Waals surface area (Å²) >= 11 is 11.9. The van der Waals surface area contributed by atoms with E-state index in [0.29, 0.717) is 21.8 Å². The first-order valence-corrected chi connectivity index (χ1v) is 9.22. The number of carbonyl (C=O) groups excluding carboxylic acids is 1. The van der Waals surface area contributed by atoms with E-state index >= 15 is 0 Å². The maximum atomic E-state index is 12.5. The van der Waals surface area contributed by atoms with Crippen molar-refractivity contribution in [3.05, 3.63) is 28.2 Å². The van der Waals surface area contributed by atoms with E-state index < -0.39 is 0 Å². The van der Waals surface area contributed by atoms with Gasteiger partial charge in [0, 0.05) is 38.5 Å². The van der Waals surface area contributed by atoms with Crippen LogP contribution in [-0.2, 0) is 4.74 Å². The second-order valence-electron chi connectivity index (χ2n) is 6.34. The van der Waals surface area contributed by atoms with Gasteiger partial charge < -0.3 is 15.0 Å². The van der Waals surface area contributed by atoms with E-state index in [0.717, 1.165) is 58.6 Å². The third-order valence-electron chi connectivity index (χ3n) is 4.53. The highest BCUT2D eigenvalue weighted by atomic mass is 35.5. The van der Waals surface area contributed by atoms with Crippen LogP contribution in [0.25, 0.3) is 0 Å². The van der Waals surface area contributed by atoms with Crippen molar-refractivity contribution >= 4 is 34.9 Å². The molecule has 7 heteroatoms. The number of nitrogens with zero attached hydrogens (tertiary/aromatic N) is 2. The van der Waals surface area contributed by atoms with E-state index in [4.69, 9.17) is 27.9 Å². The van der Waals surface area contributed by atoms with Crippen LogP contribution in [0.2, 0.25) is 10.0 Å². The molecule has 1 aromatic rings. The lowest BCUT2D eigenvalue weighted by Gasteiger charge is -2.24. The third kappa shape index (κ3) is 4.76. The maximum Gasteiger partial charge on any atom is 0.321 e. The second kappa shape index (κ2) is 8.39. The zero-order chi connectivity index (χ0) is 16.9. The SMILES string of the molecule is O=C(Nc1ccc(Cl)c(Cl)c1)N1CCCN(CC2CCCO2)CC1. The molecule has 1 atom stereocenters. The molecule has 2 aliphatic rings. The Morgan fingerprint density at radius 2 is 2.04 bits per heavy atom. The molecule has 0 spiro atoms. The minimum Gasteiger partial charge on any atom is -0.377 e. The van der Waals surface area contributed by atoms with Crippen molar-refractivity contribution < 1.29 is 9.53 Å². The Balaban J connectivity index is 1.51. The molecule has 132 valence electrons. The van der Waals surface area contributed by atoms with Gasteiger partial charge in [0.2, 0.25) is 0 Å². The molecule has 0 bridgehead atoms. The molecule has 1 aromatic carbocycles. The maximum absolute atomic E-state index is 12.5. The first kappa shape index (κ1) is 17.8. The van der Waals surface area contributed by atoms with Gasteiger partial charge in [0.25, 0.3) is 0 Å². The molecule has 2 fully saturated rings. The number of anilines is 1. The van der Waals surface area contributed by atoms with Gasteiger partial charge in [-0.2, -0.15) is 0 Å². The van der Waals surface area contributed by atoms with Crippen LogP contribution in [0, 0.1) is 0 Å². The number of hydrogen-bond donors (Lipinski definition) is 1. The number of hydrogen-bond acceptors (Lipinski definition) is 3. The summed E-state index contributed by atoms with van der Waals surface area (Å²) in [6.07, 6.45) is 3.65. The van der Waals surface area contributed by atoms with Crippen LogP contribution in [0.3, 0.4) is 0 Å². The Labute approximate surface area is 152 Å². The van der Waals surface area contributed by atoms with Crippen molar-refractivity contribution in [3.8, 4) is 0 Å². The van der Waals surface area contributed by atoms with Gasteiger partial charge in [0.05, 0.1) is 16.1 Å². The Hall–Kier alpha value is -1.01. The molecule has 3 rings (SSSR count). The predicted molar refractivity (Wildman–Crippen MR) is 97.1 cm³/mol. The standard InChI is InChI=1S/C17H23Cl2N3O2/c18-15-5-4-13(11-16(15)19)20-17(23)22-7-2-6-21(8-9-22)12-14-3-1-10-24-14/h4-5,11,14H,1-3,6-10,12H2,(H,20,23). The van der Waals surface area contributed by atoms with Gasteiger partial charge in [0.15, 0.2) is 0 Å². The van der Waals surface area contributed by atoms with Gasteiger partial charge in [-0.3, -0.25) is 4.90 Å². The molecule has 0 saturated carbocycles. The molecule has 5 nitrogen and oxygen atoms in total. The summed E-state index contributed by atoms with van der Waals surface area (Å²) in [5, 5.41) is 3.81. The lowest BCUT2D eigenvalue weighted by Crippen LogP contribution is -2.39. The van der Waals surface area contributed by atoms with Gasteiger partial charge >= 0.3 is 6.03 Å². The zero-order valence-corrected chi connectivity index (χ0v) is 15.2. The predicted octanol–water partition coefficient (Wildman–Crippen LogP) is 3.71. The third-order valence-corrected chi connectivity index (χ3v) is 5.27. The van der Waals surface area contributed by atoms with Crippen LogP contribution in [0.1, 0.15) is 19.3 Å². The van der Waals surface area contributed by atoms with Gasteiger partial charge in [0.1, 0.15) is 0 Å². The van der Waals surface area contributed by atoms with Crippen molar-refractivity contribution in [3.63, 3.8) is 0 Å². The van der Waals surface area contributed by atoms with E-state index in [1.165, 1.54) is 0 Å². The quantitative estimate of drug-likeness (QED) is 0.880. The molecule has 0 aromatic heterocycles. The molecule has 0 aliphatic carbocycles. The molecular formula is C17H23Cl2N3O2. The summed E-state index contributed by atoms with van der Waals surface area (Å²) in [4.78, 5) is 16.7. The normalized spacial score (nSPS) is 22.4. The van der Waals surface area contributed by atoms with Crippen LogP contribution in [0.4, 0.5) is 10.5 Å². The molecule has 24 heavy (non-hydrogen) atoms. The minimum absolute atomic E-state index is 0.0904. The van der Waals surface area contributed by atoms with E-state index in [2.05, 4.69) is 10.2 Å². The van der Waals surface area contributed by atoms with Crippen molar-refractivity contribution in [1.82, 2.24) is 9.80 Å². The fourth-order valence-corrected chi connectivity index (χ4v) is 3.51. The molecule has 0 radical (unpaired) electrons. The number of amides is 2. The van der Waals surface area contributed by atoms with Gasteiger partial charge in [-0.1, -0.05) is 23.2 Å². The molecule has 2 heterocycles. The average molecular weight is 372 g/mol. The van der Waals surface area contributed by atoms with Crippen LogP contribution >= 0.6 is 23.2 Å². The first-order valence-electron chi connectivity index (χ1n) is 8.47. The number of benzene rings is 1. The lowest BCUT2D eigenvalue weighted by atomic mass is 10.2. The number of rotatable bonds is 3. The number of carbonyl (C=O) groups is 1. The van der Waals surface area contributed by atoms with E-state index in [1.807, 2.05) is 4.90 Å². The van der Waals surface area contributed by atoms with E-state index in [-0.39, 0.29) is 6.03 Å². The smallest absolute Gasteiger partial charge is 0.321 e.